The lowest BCUT2D eigenvalue weighted by atomic mass is 10.0. The Bertz CT molecular complexity index is 1200. The number of rotatable bonds is 6. The summed E-state index contributed by atoms with van der Waals surface area (Å²) in [7, 11) is 1.66. The number of fused-ring (bicyclic) bond motifs is 1. The number of halogens is 1. The van der Waals surface area contributed by atoms with Crippen molar-refractivity contribution in [2.24, 2.45) is 0 Å². The van der Waals surface area contributed by atoms with Gasteiger partial charge in [-0.1, -0.05) is 41.9 Å². The Balaban J connectivity index is 1.49. The Morgan fingerprint density at radius 2 is 1.90 bits per heavy atom. The first-order chi connectivity index (χ1) is 15.2. The maximum absolute atomic E-state index is 13.3. The Morgan fingerprint density at radius 3 is 2.58 bits per heavy atom. The van der Waals surface area contributed by atoms with Crippen LogP contribution >= 0.6 is 22.9 Å². The van der Waals surface area contributed by atoms with Gasteiger partial charge >= 0.3 is 0 Å². The van der Waals surface area contributed by atoms with Crippen LogP contribution in [0.25, 0.3) is 11.3 Å². The van der Waals surface area contributed by atoms with E-state index in [1.165, 1.54) is 0 Å². The van der Waals surface area contributed by atoms with Gasteiger partial charge < -0.3 is 9.64 Å². The number of amides is 1. The maximum atomic E-state index is 13.3. The third-order valence-corrected chi connectivity index (χ3v) is 6.77. The molecule has 0 spiro atoms. The number of carbonyl (C=O) groups excluding carboxylic acids is 1. The second-order valence-electron chi connectivity index (χ2n) is 7.38. The fraction of sp³-hybridized carbons (Fsp3) is 0.167. The molecule has 1 N–H and O–H groups in total. The number of nitrogens with one attached hydrogen (secondary N) is 1. The molecular formula is C24H20ClN3O2S. The minimum atomic E-state index is -0.162. The zero-order valence-corrected chi connectivity index (χ0v) is 18.4. The lowest BCUT2D eigenvalue weighted by molar-refractivity contribution is 0.0748. The van der Waals surface area contributed by atoms with Crippen molar-refractivity contribution in [2.45, 2.75) is 12.5 Å². The van der Waals surface area contributed by atoms with Crippen LogP contribution < -0.4 is 4.74 Å². The number of aromatic amines is 1. The predicted octanol–water partition coefficient (Wildman–Crippen LogP) is 5.59. The Hall–Kier alpha value is -3.09. The van der Waals surface area contributed by atoms with Crippen LogP contribution in [0.2, 0.25) is 5.02 Å². The fourth-order valence-corrected chi connectivity index (χ4v) is 5.01. The number of benzene rings is 2. The summed E-state index contributed by atoms with van der Waals surface area (Å²) in [6.45, 7) is 0.607. The molecule has 1 aliphatic heterocycles. The van der Waals surface area contributed by atoms with Crippen LogP contribution in [-0.2, 0) is 6.42 Å². The Labute approximate surface area is 189 Å². The molecule has 3 heterocycles. The number of thiophene rings is 1. The van der Waals surface area contributed by atoms with Crippen molar-refractivity contribution in [1.29, 1.82) is 0 Å². The average Bonchev–Trinajstić information content (AvgIpc) is 3.52. The highest BCUT2D eigenvalue weighted by Gasteiger charge is 2.42. The summed E-state index contributed by atoms with van der Waals surface area (Å²) in [5.74, 6) is 0.806. The minimum Gasteiger partial charge on any atom is -0.497 e. The molecule has 0 saturated carbocycles. The van der Waals surface area contributed by atoms with Gasteiger partial charge in [-0.15, -0.1) is 11.3 Å². The van der Waals surface area contributed by atoms with Crippen LogP contribution in [0.1, 0.15) is 32.5 Å². The summed E-state index contributed by atoms with van der Waals surface area (Å²) < 4.78 is 5.24. The van der Waals surface area contributed by atoms with Gasteiger partial charge in [-0.2, -0.15) is 5.10 Å². The molecule has 4 aromatic rings. The molecule has 1 unspecified atom stereocenters. The SMILES string of the molecule is COc1ccc(CCN2C(=O)c3[nH]nc(-c4ccc(Cl)cc4)c3C2c2cccs2)cc1. The van der Waals surface area contributed by atoms with Gasteiger partial charge in [0.2, 0.25) is 0 Å². The van der Waals surface area contributed by atoms with Crippen molar-refractivity contribution in [3.8, 4) is 17.0 Å². The van der Waals surface area contributed by atoms with E-state index in [1.54, 1.807) is 18.4 Å². The maximum Gasteiger partial charge on any atom is 0.273 e. The first-order valence-corrected chi connectivity index (χ1v) is 11.2. The molecule has 1 aliphatic rings. The minimum absolute atomic E-state index is 0.0189. The second kappa shape index (κ2) is 8.21. The van der Waals surface area contributed by atoms with Crippen molar-refractivity contribution >= 4 is 28.8 Å². The molecule has 31 heavy (non-hydrogen) atoms. The molecule has 156 valence electrons. The van der Waals surface area contributed by atoms with E-state index in [-0.39, 0.29) is 11.9 Å². The molecule has 7 heteroatoms. The van der Waals surface area contributed by atoms with E-state index in [2.05, 4.69) is 16.3 Å². The van der Waals surface area contributed by atoms with Gasteiger partial charge in [-0.05, 0) is 47.7 Å². The number of methoxy groups -OCH3 is 1. The molecule has 2 aromatic heterocycles. The highest BCUT2D eigenvalue weighted by molar-refractivity contribution is 7.10. The summed E-state index contributed by atoms with van der Waals surface area (Å²) in [6, 6.07) is 19.5. The summed E-state index contributed by atoms with van der Waals surface area (Å²) in [5.41, 5.74) is 4.39. The smallest absolute Gasteiger partial charge is 0.273 e. The van der Waals surface area contributed by atoms with Crippen LogP contribution in [0.5, 0.6) is 5.75 Å². The van der Waals surface area contributed by atoms with Crippen LogP contribution in [-0.4, -0.2) is 34.7 Å². The van der Waals surface area contributed by atoms with Crippen LogP contribution in [0.3, 0.4) is 0 Å². The van der Waals surface area contributed by atoms with Gasteiger partial charge in [0.15, 0.2) is 0 Å². The highest BCUT2D eigenvalue weighted by Crippen LogP contribution is 2.44. The first-order valence-electron chi connectivity index (χ1n) is 9.97. The van der Waals surface area contributed by atoms with Gasteiger partial charge in [0.05, 0.1) is 18.8 Å². The molecule has 1 atom stereocenters. The van der Waals surface area contributed by atoms with Crippen molar-refractivity contribution in [1.82, 2.24) is 15.1 Å². The summed E-state index contributed by atoms with van der Waals surface area (Å²) in [4.78, 5) is 16.4. The second-order valence-corrected chi connectivity index (χ2v) is 8.80. The van der Waals surface area contributed by atoms with E-state index in [4.69, 9.17) is 16.3 Å². The molecule has 0 fully saturated rings. The zero-order chi connectivity index (χ0) is 21.4. The first kappa shape index (κ1) is 19.8. The number of nitrogens with zero attached hydrogens (tertiary/aromatic N) is 2. The number of hydrogen-bond donors (Lipinski definition) is 1. The molecule has 5 rings (SSSR count). The summed E-state index contributed by atoms with van der Waals surface area (Å²) in [5, 5.41) is 10.2. The van der Waals surface area contributed by atoms with Crippen LogP contribution in [0, 0.1) is 0 Å². The fourth-order valence-electron chi connectivity index (χ4n) is 4.04. The third-order valence-electron chi connectivity index (χ3n) is 5.59. The molecule has 0 radical (unpaired) electrons. The number of H-pyrrole nitrogens is 1. The van der Waals surface area contributed by atoms with Crippen molar-refractivity contribution in [3.63, 3.8) is 0 Å². The largest absolute Gasteiger partial charge is 0.497 e. The molecule has 0 bridgehead atoms. The molecule has 2 aromatic carbocycles. The van der Waals surface area contributed by atoms with Crippen molar-refractivity contribution < 1.29 is 9.53 Å². The molecule has 5 nitrogen and oxygen atoms in total. The molecule has 0 aliphatic carbocycles. The van der Waals surface area contributed by atoms with E-state index >= 15 is 0 Å². The lowest BCUT2D eigenvalue weighted by Gasteiger charge is -2.25. The molecular weight excluding hydrogens is 430 g/mol. The average molecular weight is 450 g/mol. The number of hydrogen-bond acceptors (Lipinski definition) is 4. The molecule has 0 saturated heterocycles. The van der Waals surface area contributed by atoms with Gasteiger partial charge in [0, 0.05) is 27.6 Å². The topological polar surface area (TPSA) is 58.2 Å². The number of ether oxygens (including phenoxy) is 1. The Morgan fingerprint density at radius 1 is 1.13 bits per heavy atom. The van der Waals surface area contributed by atoms with E-state index < -0.39 is 0 Å². The summed E-state index contributed by atoms with van der Waals surface area (Å²) >= 11 is 7.72. The van der Waals surface area contributed by atoms with Crippen molar-refractivity contribution in [3.05, 3.63) is 92.8 Å². The quantitative estimate of drug-likeness (QED) is 0.417. The third kappa shape index (κ3) is 3.62. The van der Waals surface area contributed by atoms with Gasteiger partial charge in [0.1, 0.15) is 11.4 Å². The van der Waals surface area contributed by atoms with E-state index in [1.807, 2.05) is 64.9 Å². The van der Waals surface area contributed by atoms with Crippen LogP contribution in [0.15, 0.2) is 66.0 Å². The van der Waals surface area contributed by atoms with Gasteiger partial charge in [0.25, 0.3) is 5.91 Å². The van der Waals surface area contributed by atoms with Crippen LogP contribution in [0.4, 0.5) is 0 Å². The normalized spacial score (nSPS) is 15.4. The molecule has 1 amide bonds. The predicted molar refractivity (Wildman–Crippen MR) is 123 cm³/mol. The Kier molecular flexibility index (Phi) is 5.26. The van der Waals surface area contributed by atoms with Crippen molar-refractivity contribution in [2.75, 3.05) is 13.7 Å². The van der Waals surface area contributed by atoms with Gasteiger partial charge in [-0.3, -0.25) is 9.89 Å². The summed E-state index contributed by atoms with van der Waals surface area (Å²) in [6.07, 6.45) is 0.756. The number of aromatic nitrogens is 2. The van der Waals surface area contributed by atoms with E-state index in [0.29, 0.717) is 17.3 Å². The van der Waals surface area contributed by atoms with E-state index in [9.17, 15) is 4.79 Å². The van der Waals surface area contributed by atoms with Gasteiger partial charge in [-0.25, -0.2) is 0 Å². The standard InChI is InChI=1S/C24H20ClN3O2S/c1-30-18-10-4-15(5-11-18)12-13-28-23(19-3-2-14-31-19)20-21(26-27-22(20)24(28)29)16-6-8-17(25)9-7-16/h2-11,14,23H,12-13H2,1H3,(H,26,27). The zero-order valence-electron chi connectivity index (χ0n) is 16.8. The monoisotopic (exact) mass is 449 g/mol. The van der Waals surface area contributed by atoms with E-state index in [0.717, 1.165) is 39.4 Å². The lowest BCUT2D eigenvalue weighted by Crippen LogP contribution is -2.31. The number of carbonyl (C=O) groups is 1. The highest BCUT2D eigenvalue weighted by atomic mass is 35.5.